The van der Waals surface area contributed by atoms with Crippen LogP contribution in [0.15, 0.2) is 91.0 Å². The average Bonchev–Trinajstić information content (AvgIpc) is 2.69. The maximum absolute atomic E-state index is 12.7. The number of carbonyl (C=O) groups excluding carboxylic acids is 1. The summed E-state index contributed by atoms with van der Waals surface area (Å²) in [5, 5.41) is 0.618. The van der Waals surface area contributed by atoms with Crippen molar-refractivity contribution in [1.82, 2.24) is 0 Å². The van der Waals surface area contributed by atoms with E-state index in [4.69, 9.17) is 21.1 Å². The van der Waals surface area contributed by atoms with E-state index in [9.17, 15) is 4.79 Å². The van der Waals surface area contributed by atoms with Crippen LogP contribution >= 0.6 is 11.6 Å². The lowest BCUT2D eigenvalue weighted by atomic mass is 9.93. The number of esters is 1. The molecule has 3 aromatic rings. The monoisotopic (exact) mass is 392 g/mol. The fourth-order valence-electron chi connectivity index (χ4n) is 2.84. The molecule has 0 fully saturated rings. The number of halogens is 1. The van der Waals surface area contributed by atoms with Gasteiger partial charge in [-0.25, -0.2) is 0 Å². The first-order chi connectivity index (χ1) is 13.5. The molecule has 0 N–H and O–H groups in total. The Hall–Kier alpha value is -3.04. The Bertz CT molecular complexity index is 949. The number of hydrogen-bond acceptors (Lipinski definition) is 3. The Balaban J connectivity index is 1.67. The van der Waals surface area contributed by atoms with E-state index < -0.39 is 5.92 Å². The van der Waals surface area contributed by atoms with Crippen molar-refractivity contribution in [2.45, 2.75) is 19.4 Å². The van der Waals surface area contributed by atoms with Crippen LogP contribution in [-0.4, -0.2) is 5.97 Å². The Labute approximate surface area is 170 Å². The Morgan fingerprint density at radius 3 is 2.32 bits per heavy atom. The lowest BCUT2D eigenvalue weighted by Gasteiger charge is -2.17. The second kappa shape index (κ2) is 9.25. The van der Waals surface area contributed by atoms with Gasteiger partial charge in [-0.2, -0.15) is 0 Å². The van der Waals surface area contributed by atoms with Gasteiger partial charge in [-0.3, -0.25) is 4.79 Å². The van der Waals surface area contributed by atoms with Gasteiger partial charge >= 0.3 is 5.97 Å². The molecule has 1 atom stereocenters. The van der Waals surface area contributed by atoms with E-state index in [1.54, 1.807) is 12.1 Å². The SMILES string of the molecule is C=C(C)C(C(=O)OCc1cccc(Oc2ccccc2)c1)c1ccc(Cl)cc1. The van der Waals surface area contributed by atoms with Gasteiger partial charge < -0.3 is 9.47 Å². The van der Waals surface area contributed by atoms with Crippen molar-refractivity contribution in [3.63, 3.8) is 0 Å². The predicted octanol–water partition coefficient (Wildman–Crippen LogP) is 6.54. The lowest BCUT2D eigenvalue weighted by Crippen LogP contribution is -2.16. The zero-order valence-corrected chi connectivity index (χ0v) is 16.4. The third kappa shape index (κ3) is 5.24. The lowest BCUT2D eigenvalue weighted by molar-refractivity contribution is -0.145. The minimum atomic E-state index is -0.527. The molecular weight excluding hydrogens is 372 g/mol. The van der Waals surface area contributed by atoms with Crippen LogP contribution in [-0.2, 0) is 16.1 Å². The van der Waals surface area contributed by atoms with Gasteiger partial charge in [-0.15, -0.1) is 0 Å². The molecule has 0 bridgehead atoms. The van der Waals surface area contributed by atoms with Crippen molar-refractivity contribution in [2.24, 2.45) is 0 Å². The predicted molar refractivity (Wildman–Crippen MR) is 112 cm³/mol. The molecule has 0 heterocycles. The summed E-state index contributed by atoms with van der Waals surface area (Å²) < 4.78 is 11.4. The van der Waals surface area contributed by atoms with Crippen LogP contribution in [0.5, 0.6) is 11.5 Å². The highest BCUT2D eigenvalue weighted by Crippen LogP contribution is 2.27. The van der Waals surface area contributed by atoms with Gasteiger partial charge in [0.25, 0.3) is 0 Å². The molecule has 1 unspecified atom stereocenters. The quantitative estimate of drug-likeness (QED) is 0.338. The van der Waals surface area contributed by atoms with Crippen LogP contribution in [0, 0.1) is 0 Å². The summed E-state index contributed by atoms with van der Waals surface area (Å²) in [4.78, 5) is 12.7. The van der Waals surface area contributed by atoms with Crippen molar-refractivity contribution >= 4 is 17.6 Å². The smallest absolute Gasteiger partial charge is 0.317 e. The fraction of sp³-hybridized carbons (Fsp3) is 0.125. The van der Waals surface area contributed by atoms with E-state index in [-0.39, 0.29) is 12.6 Å². The van der Waals surface area contributed by atoms with Crippen molar-refractivity contribution in [2.75, 3.05) is 0 Å². The standard InChI is InChI=1S/C24H21ClO3/c1-17(2)23(19-11-13-20(25)14-12-19)24(26)27-16-18-7-6-10-22(15-18)28-21-8-4-3-5-9-21/h3-15,23H,1,16H2,2H3. The molecule has 0 aliphatic rings. The number of rotatable bonds is 7. The Morgan fingerprint density at radius 1 is 0.964 bits per heavy atom. The fourth-order valence-corrected chi connectivity index (χ4v) is 2.96. The maximum Gasteiger partial charge on any atom is 0.317 e. The van der Waals surface area contributed by atoms with Gasteiger partial charge in [0.2, 0.25) is 0 Å². The molecule has 142 valence electrons. The number of carbonyl (C=O) groups is 1. The van der Waals surface area contributed by atoms with E-state index in [0.29, 0.717) is 16.3 Å². The van der Waals surface area contributed by atoms with E-state index in [0.717, 1.165) is 16.9 Å². The van der Waals surface area contributed by atoms with E-state index in [1.165, 1.54) is 0 Å². The van der Waals surface area contributed by atoms with E-state index >= 15 is 0 Å². The van der Waals surface area contributed by atoms with Crippen molar-refractivity contribution in [3.8, 4) is 11.5 Å². The topological polar surface area (TPSA) is 35.5 Å². The van der Waals surface area contributed by atoms with Crippen molar-refractivity contribution in [3.05, 3.63) is 107 Å². The zero-order valence-electron chi connectivity index (χ0n) is 15.6. The first-order valence-electron chi connectivity index (χ1n) is 8.92. The summed E-state index contributed by atoms with van der Waals surface area (Å²) in [7, 11) is 0. The molecule has 0 amide bonds. The Morgan fingerprint density at radius 2 is 1.64 bits per heavy atom. The molecule has 0 aliphatic carbocycles. The molecule has 3 rings (SSSR count). The highest BCUT2D eigenvalue weighted by Gasteiger charge is 2.23. The zero-order chi connectivity index (χ0) is 19.9. The third-order valence-corrected chi connectivity index (χ3v) is 4.44. The molecule has 3 nitrogen and oxygen atoms in total. The molecule has 0 aromatic heterocycles. The van der Waals surface area contributed by atoms with Gasteiger partial charge in [0.15, 0.2) is 0 Å². The number of ether oxygens (including phenoxy) is 2. The second-order valence-corrected chi connectivity index (χ2v) is 6.94. The average molecular weight is 393 g/mol. The van der Waals surface area contributed by atoms with Gasteiger partial charge in [0.1, 0.15) is 24.0 Å². The molecule has 3 aromatic carbocycles. The number of hydrogen-bond donors (Lipinski definition) is 0. The maximum atomic E-state index is 12.7. The van der Waals surface area contributed by atoms with E-state index in [1.807, 2.05) is 73.7 Å². The third-order valence-electron chi connectivity index (χ3n) is 4.19. The molecule has 0 radical (unpaired) electrons. The molecule has 0 saturated carbocycles. The van der Waals surface area contributed by atoms with Crippen LogP contribution in [0.2, 0.25) is 5.02 Å². The summed E-state index contributed by atoms with van der Waals surface area (Å²) >= 11 is 5.94. The van der Waals surface area contributed by atoms with Gasteiger partial charge in [-0.1, -0.05) is 66.2 Å². The molecule has 0 spiro atoms. The second-order valence-electron chi connectivity index (χ2n) is 6.50. The molecule has 28 heavy (non-hydrogen) atoms. The molecular formula is C24H21ClO3. The highest BCUT2D eigenvalue weighted by atomic mass is 35.5. The molecule has 4 heteroatoms. The summed E-state index contributed by atoms with van der Waals surface area (Å²) in [5.41, 5.74) is 2.37. The van der Waals surface area contributed by atoms with Crippen LogP contribution in [0.4, 0.5) is 0 Å². The van der Waals surface area contributed by atoms with Crippen LogP contribution in [0.25, 0.3) is 0 Å². The summed E-state index contributed by atoms with van der Waals surface area (Å²) in [6.45, 7) is 5.91. The molecule has 0 saturated heterocycles. The summed E-state index contributed by atoms with van der Waals surface area (Å²) in [6, 6.07) is 24.2. The van der Waals surface area contributed by atoms with E-state index in [2.05, 4.69) is 6.58 Å². The summed E-state index contributed by atoms with van der Waals surface area (Å²) in [6.07, 6.45) is 0. The highest BCUT2D eigenvalue weighted by molar-refractivity contribution is 6.30. The van der Waals surface area contributed by atoms with Crippen LogP contribution < -0.4 is 4.74 Å². The minimum Gasteiger partial charge on any atom is -0.460 e. The van der Waals surface area contributed by atoms with Crippen molar-refractivity contribution < 1.29 is 14.3 Å². The summed E-state index contributed by atoms with van der Waals surface area (Å²) in [5.74, 6) is 0.570. The van der Waals surface area contributed by atoms with Gasteiger partial charge in [-0.05, 0) is 54.4 Å². The van der Waals surface area contributed by atoms with Gasteiger partial charge in [0, 0.05) is 5.02 Å². The number of para-hydroxylation sites is 1. The molecule has 0 aliphatic heterocycles. The normalized spacial score (nSPS) is 11.5. The number of benzene rings is 3. The largest absolute Gasteiger partial charge is 0.460 e. The Kier molecular flexibility index (Phi) is 6.51. The van der Waals surface area contributed by atoms with Crippen LogP contribution in [0.1, 0.15) is 24.0 Å². The van der Waals surface area contributed by atoms with Gasteiger partial charge in [0.05, 0.1) is 0 Å². The first kappa shape index (κ1) is 19.7. The first-order valence-corrected chi connectivity index (χ1v) is 9.30. The van der Waals surface area contributed by atoms with Crippen molar-refractivity contribution in [1.29, 1.82) is 0 Å². The minimum absolute atomic E-state index is 0.155. The van der Waals surface area contributed by atoms with Crippen LogP contribution in [0.3, 0.4) is 0 Å².